The fraction of sp³-hybridized carbons (Fsp3) is 0.647. The Morgan fingerprint density at radius 3 is 2.25 bits per heavy atom. The van der Waals surface area contributed by atoms with Crippen molar-refractivity contribution in [2.24, 2.45) is 23.2 Å². The maximum atomic E-state index is 5.74. The van der Waals surface area contributed by atoms with E-state index in [0.29, 0.717) is 11.4 Å². The molecule has 0 unspecified atom stereocenters. The minimum Gasteiger partial charge on any atom is -0.368 e. The summed E-state index contributed by atoms with van der Waals surface area (Å²) in [5.41, 5.74) is 8.11. The first-order chi connectivity index (χ1) is 9.60. The Morgan fingerprint density at radius 1 is 1.10 bits per heavy atom. The topological polar surface area (TPSA) is 51.8 Å². The van der Waals surface area contributed by atoms with Crippen LogP contribution in [0.1, 0.15) is 49.9 Å². The monoisotopic (exact) mass is 269 g/mol. The average Bonchev–Trinajstić information content (AvgIpc) is 2.34. The van der Waals surface area contributed by atoms with Crippen LogP contribution >= 0.6 is 0 Å². The van der Waals surface area contributed by atoms with Gasteiger partial charge in [-0.2, -0.15) is 0 Å². The van der Waals surface area contributed by atoms with Crippen LogP contribution < -0.4 is 5.73 Å². The SMILES string of the molecule is Cc1cc(/C=C/C23CC4CC(CC(C4)C2)C3)nc(N)n1. The van der Waals surface area contributed by atoms with Gasteiger partial charge in [0.25, 0.3) is 0 Å². The molecule has 4 saturated carbocycles. The smallest absolute Gasteiger partial charge is 0.220 e. The van der Waals surface area contributed by atoms with Crippen molar-refractivity contribution in [3.63, 3.8) is 0 Å². The lowest BCUT2D eigenvalue weighted by molar-refractivity contribution is -0.0233. The van der Waals surface area contributed by atoms with Crippen molar-refractivity contribution >= 4 is 12.0 Å². The molecule has 0 aromatic carbocycles. The van der Waals surface area contributed by atoms with Crippen LogP contribution in [0.2, 0.25) is 0 Å². The summed E-state index contributed by atoms with van der Waals surface area (Å²) in [6.45, 7) is 1.97. The first-order valence-electron chi connectivity index (χ1n) is 7.91. The number of nitrogens with zero attached hydrogens (tertiary/aromatic N) is 2. The van der Waals surface area contributed by atoms with Crippen molar-refractivity contribution in [2.75, 3.05) is 5.73 Å². The molecular weight excluding hydrogens is 246 g/mol. The number of allylic oxidation sites excluding steroid dienone is 1. The Hall–Kier alpha value is -1.38. The summed E-state index contributed by atoms with van der Waals surface area (Å²) in [4.78, 5) is 8.47. The second-order valence-corrected chi connectivity index (χ2v) is 7.41. The minimum atomic E-state index is 0.384. The van der Waals surface area contributed by atoms with Gasteiger partial charge in [0.2, 0.25) is 5.95 Å². The Labute approximate surface area is 120 Å². The van der Waals surface area contributed by atoms with Gasteiger partial charge in [-0.15, -0.1) is 0 Å². The molecule has 1 aromatic heterocycles. The predicted molar refractivity (Wildman–Crippen MR) is 80.8 cm³/mol. The van der Waals surface area contributed by atoms with Crippen molar-refractivity contribution < 1.29 is 0 Å². The molecule has 20 heavy (non-hydrogen) atoms. The van der Waals surface area contributed by atoms with E-state index in [1.54, 1.807) is 0 Å². The van der Waals surface area contributed by atoms with E-state index in [9.17, 15) is 0 Å². The predicted octanol–water partition coefficient (Wildman–Crippen LogP) is 3.60. The van der Waals surface area contributed by atoms with E-state index in [4.69, 9.17) is 5.73 Å². The molecule has 4 aliphatic rings. The van der Waals surface area contributed by atoms with E-state index >= 15 is 0 Å². The second kappa shape index (κ2) is 4.31. The van der Waals surface area contributed by atoms with Crippen molar-refractivity contribution in [3.8, 4) is 0 Å². The van der Waals surface area contributed by atoms with Gasteiger partial charge >= 0.3 is 0 Å². The van der Waals surface area contributed by atoms with Gasteiger partial charge in [-0.25, -0.2) is 9.97 Å². The van der Waals surface area contributed by atoms with Gasteiger partial charge in [0, 0.05) is 5.69 Å². The molecule has 4 fully saturated rings. The summed E-state index contributed by atoms with van der Waals surface area (Å²) in [5.74, 6) is 3.35. The number of nitrogen functional groups attached to an aromatic ring is 1. The van der Waals surface area contributed by atoms with Crippen LogP contribution in [0.25, 0.3) is 6.08 Å². The summed E-state index contributed by atoms with van der Waals surface area (Å²) in [6.07, 6.45) is 13.3. The van der Waals surface area contributed by atoms with Gasteiger partial charge in [0.15, 0.2) is 0 Å². The molecule has 1 aromatic rings. The molecule has 0 spiro atoms. The molecule has 0 saturated heterocycles. The molecule has 0 aliphatic heterocycles. The number of hydrogen-bond acceptors (Lipinski definition) is 3. The van der Waals surface area contributed by atoms with Crippen LogP contribution in [0, 0.1) is 30.1 Å². The van der Waals surface area contributed by atoms with E-state index in [-0.39, 0.29) is 0 Å². The average molecular weight is 269 g/mol. The van der Waals surface area contributed by atoms with Gasteiger partial charge in [0.1, 0.15) is 0 Å². The highest BCUT2D eigenvalue weighted by atomic mass is 15.0. The molecule has 5 rings (SSSR count). The van der Waals surface area contributed by atoms with Crippen molar-refractivity contribution in [1.29, 1.82) is 0 Å². The lowest BCUT2D eigenvalue weighted by Gasteiger charge is -2.55. The fourth-order valence-corrected chi connectivity index (χ4v) is 5.35. The summed E-state index contributed by atoms with van der Waals surface area (Å²) in [6, 6.07) is 2.02. The van der Waals surface area contributed by atoms with Crippen LogP contribution in [0.15, 0.2) is 12.1 Å². The van der Waals surface area contributed by atoms with Crippen molar-refractivity contribution in [1.82, 2.24) is 9.97 Å². The highest BCUT2D eigenvalue weighted by Gasteiger charge is 2.49. The van der Waals surface area contributed by atoms with Crippen LogP contribution in [-0.2, 0) is 0 Å². The normalized spacial score (nSPS) is 38.8. The maximum absolute atomic E-state index is 5.74. The van der Waals surface area contributed by atoms with E-state index in [2.05, 4.69) is 22.1 Å². The zero-order chi connectivity index (χ0) is 13.7. The van der Waals surface area contributed by atoms with E-state index < -0.39 is 0 Å². The van der Waals surface area contributed by atoms with Crippen molar-refractivity contribution in [3.05, 3.63) is 23.5 Å². The summed E-state index contributed by atoms with van der Waals surface area (Å²) < 4.78 is 0. The van der Waals surface area contributed by atoms with Crippen LogP contribution in [0.3, 0.4) is 0 Å². The van der Waals surface area contributed by atoms with E-state index in [0.717, 1.165) is 29.1 Å². The molecule has 1 heterocycles. The molecule has 3 heteroatoms. The third-order valence-corrected chi connectivity index (χ3v) is 5.58. The number of anilines is 1. The first-order valence-corrected chi connectivity index (χ1v) is 7.91. The summed E-state index contributed by atoms with van der Waals surface area (Å²) >= 11 is 0. The molecule has 106 valence electrons. The molecule has 4 bridgehead atoms. The van der Waals surface area contributed by atoms with Gasteiger partial charge in [-0.05, 0) is 80.8 Å². The summed E-state index contributed by atoms with van der Waals surface area (Å²) in [5, 5.41) is 0. The lowest BCUT2D eigenvalue weighted by atomic mass is 9.49. The number of nitrogens with two attached hydrogens (primary N) is 1. The first kappa shape index (κ1) is 12.4. The zero-order valence-corrected chi connectivity index (χ0v) is 12.2. The van der Waals surface area contributed by atoms with Gasteiger partial charge < -0.3 is 5.73 Å². The number of aromatic nitrogens is 2. The highest BCUT2D eigenvalue weighted by molar-refractivity contribution is 5.48. The van der Waals surface area contributed by atoms with Crippen LogP contribution in [0.5, 0.6) is 0 Å². The van der Waals surface area contributed by atoms with E-state index in [1.165, 1.54) is 38.5 Å². The molecule has 0 radical (unpaired) electrons. The van der Waals surface area contributed by atoms with E-state index in [1.807, 2.05) is 13.0 Å². The number of hydrogen-bond donors (Lipinski definition) is 1. The lowest BCUT2D eigenvalue weighted by Crippen LogP contribution is -2.44. The van der Waals surface area contributed by atoms with Crippen LogP contribution in [-0.4, -0.2) is 9.97 Å². The third-order valence-electron chi connectivity index (χ3n) is 5.58. The molecule has 4 aliphatic carbocycles. The molecular formula is C17H23N3. The molecule has 3 nitrogen and oxygen atoms in total. The number of rotatable bonds is 2. The molecule has 0 amide bonds. The second-order valence-electron chi connectivity index (χ2n) is 7.41. The number of aryl methyl sites for hydroxylation is 1. The molecule has 0 atom stereocenters. The quantitative estimate of drug-likeness (QED) is 0.892. The Morgan fingerprint density at radius 2 is 1.70 bits per heavy atom. The van der Waals surface area contributed by atoms with Gasteiger partial charge in [0.05, 0.1) is 5.69 Å². The largest absolute Gasteiger partial charge is 0.368 e. The fourth-order valence-electron chi connectivity index (χ4n) is 5.35. The van der Waals surface area contributed by atoms with Gasteiger partial charge in [-0.1, -0.05) is 6.08 Å². The standard InChI is InChI=1S/C17H23N3/c1-11-4-15(20-16(18)19-11)2-3-17-8-12-5-13(9-17)7-14(6-12)10-17/h2-4,12-14H,5-10H2,1H3,(H2,18,19,20)/b3-2+. The highest BCUT2D eigenvalue weighted by Crippen LogP contribution is 2.60. The Balaban J connectivity index is 1.60. The Kier molecular flexibility index (Phi) is 2.66. The van der Waals surface area contributed by atoms with Gasteiger partial charge in [-0.3, -0.25) is 0 Å². The van der Waals surface area contributed by atoms with Crippen LogP contribution in [0.4, 0.5) is 5.95 Å². The Bertz CT molecular complexity index is 506. The minimum absolute atomic E-state index is 0.384. The molecule has 2 N–H and O–H groups in total. The zero-order valence-electron chi connectivity index (χ0n) is 12.2. The van der Waals surface area contributed by atoms with Crippen molar-refractivity contribution in [2.45, 2.75) is 45.4 Å². The maximum Gasteiger partial charge on any atom is 0.220 e. The third kappa shape index (κ3) is 2.13. The summed E-state index contributed by atoms with van der Waals surface area (Å²) in [7, 11) is 0.